The van der Waals surface area contributed by atoms with Crippen LogP contribution in [0.2, 0.25) is 0 Å². The lowest BCUT2D eigenvalue weighted by molar-refractivity contribution is -0.149. The number of benzene rings is 2. The fourth-order valence-corrected chi connectivity index (χ4v) is 4.32. The number of para-hydroxylation sites is 1. The summed E-state index contributed by atoms with van der Waals surface area (Å²) in [4.78, 5) is 18.4. The number of rotatable bonds is 7. The van der Waals surface area contributed by atoms with E-state index in [1.54, 1.807) is 14.2 Å². The maximum absolute atomic E-state index is 13.3. The largest absolute Gasteiger partial charge is 0.493 e. The summed E-state index contributed by atoms with van der Waals surface area (Å²) in [6, 6.07) is 13.2. The molecule has 1 aliphatic rings. The molecule has 2 atom stereocenters. The molecule has 1 fully saturated rings. The van der Waals surface area contributed by atoms with Crippen molar-refractivity contribution in [3.63, 3.8) is 0 Å². The maximum Gasteiger partial charge on any atom is 0.223 e. The molecule has 164 valence electrons. The van der Waals surface area contributed by atoms with E-state index in [1.807, 2.05) is 47.5 Å². The molecule has 0 aliphatic carbocycles. The molecule has 0 spiro atoms. The maximum atomic E-state index is 13.3. The molecule has 0 radical (unpaired) electrons. The van der Waals surface area contributed by atoms with Crippen LogP contribution in [0.15, 0.2) is 48.7 Å². The van der Waals surface area contributed by atoms with Gasteiger partial charge in [0.1, 0.15) is 6.10 Å². The number of morpholine rings is 1. The van der Waals surface area contributed by atoms with Gasteiger partial charge in [0.2, 0.25) is 5.91 Å². The Morgan fingerprint density at radius 2 is 2.00 bits per heavy atom. The van der Waals surface area contributed by atoms with Gasteiger partial charge in [-0.1, -0.05) is 24.3 Å². The number of nitrogens with one attached hydrogen (secondary N) is 1. The molecule has 0 bridgehead atoms. The molecule has 2 aromatic carbocycles. The molecule has 0 unspecified atom stereocenters. The topological polar surface area (TPSA) is 84.0 Å². The number of amides is 1. The Kier molecular flexibility index (Phi) is 6.44. The first-order chi connectivity index (χ1) is 15.2. The van der Waals surface area contributed by atoms with Gasteiger partial charge in [0.15, 0.2) is 11.5 Å². The van der Waals surface area contributed by atoms with Gasteiger partial charge in [-0.25, -0.2) is 0 Å². The molecule has 3 aromatic rings. The Morgan fingerprint density at radius 1 is 1.19 bits per heavy atom. The molecule has 0 saturated carbocycles. The number of aromatic nitrogens is 1. The van der Waals surface area contributed by atoms with Crippen molar-refractivity contribution in [2.45, 2.75) is 25.0 Å². The van der Waals surface area contributed by atoms with Crippen molar-refractivity contribution in [1.29, 1.82) is 0 Å². The summed E-state index contributed by atoms with van der Waals surface area (Å²) >= 11 is 0. The number of fused-ring (bicyclic) bond motifs is 1. The van der Waals surface area contributed by atoms with Gasteiger partial charge in [-0.05, 0) is 35.7 Å². The molecule has 2 heterocycles. The van der Waals surface area contributed by atoms with Crippen LogP contribution < -0.4 is 9.47 Å². The van der Waals surface area contributed by atoms with Crippen molar-refractivity contribution in [3.05, 3.63) is 59.8 Å². The lowest BCUT2D eigenvalue weighted by Crippen LogP contribution is -2.49. The van der Waals surface area contributed by atoms with Crippen LogP contribution in [0.4, 0.5) is 0 Å². The molecule has 1 aromatic heterocycles. The number of aryl methyl sites for hydroxylation is 1. The van der Waals surface area contributed by atoms with Crippen LogP contribution in [-0.2, 0) is 16.0 Å². The van der Waals surface area contributed by atoms with Crippen molar-refractivity contribution >= 4 is 16.8 Å². The van der Waals surface area contributed by atoms with Gasteiger partial charge in [-0.2, -0.15) is 0 Å². The van der Waals surface area contributed by atoms with Gasteiger partial charge in [-0.3, -0.25) is 4.79 Å². The molecule has 2 N–H and O–H groups in total. The first-order valence-corrected chi connectivity index (χ1v) is 10.4. The fourth-order valence-electron chi connectivity index (χ4n) is 4.32. The molecule has 1 aliphatic heterocycles. The summed E-state index contributed by atoms with van der Waals surface area (Å²) in [5.74, 6) is 1.22. The summed E-state index contributed by atoms with van der Waals surface area (Å²) in [7, 11) is 3.16. The number of carbonyl (C=O) groups excluding carboxylic acids is 1. The average molecular weight is 424 g/mol. The molecule has 4 rings (SSSR count). The highest BCUT2D eigenvalue weighted by atomic mass is 16.5. The van der Waals surface area contributed by atoms with Crippen molar-refractivity contribution in [2.75, 3.05) is 34.0 Å². The van der Waals surface area contributed by atoms with E-state index in [1.165, 1.54) is 0 Å². The first kappa shape index (κ1) is 21.2. The first-order valence-electron chi connectivity index (χ1n) is 10.4. The van der Waals surface area contributed by atoms with Gasteiger partial charge in [-0.15, -0.1) is 0 Å². The third-order valence-electron chi connectivity index (χ3n) is 5.88. The van der Waals surface area contributed by atoms with Crippen LogP contribution >= 0.6 is 0 Å². The van der Waals surface area contributed by atoms with E-state index in [0.29, 0.717) is 37.5 Å². The third kappa shape index (κ3) is 4.24. The average Bonchev–Trinajstić information content (AvgIpc) is 3.24. The summed E-state index contributed by atoms with van der Waals surface area (Å²) in [5, 5.41) is 11.1. The number of carbonyl (C=O) groups is 1. The molecule has 7 heteroatoms. The lowest BCUT2D eigenvalue weighted by atomic mass is 9.97. The zero-order chi connectivity index (χ0) is 21.8. The van der Waals surface area contributed by atoms with Gasteiger partial charge in [0, 0.05) is 30.1 Å². The number of hydrogen-bond acceptors (Lipinski definition) is 5. The minimum absolute atomic E-state index is 0.0341. The second kappa shape index (κ2) is 9.41. The zero-order valence-electron chi connectivity index (χ0n) is 17.8. The fraction of sp³-hybridized carbons (Fsp3) is 0.375. The highest BCUT2D eigenvalue weighted by Gasteiger charge is 2.36. The summed E-state index contributed by atoms with van der Waals surface area (Å²) in [6.45, 7) is 0.696. The van der Waals surface area contributed by atoms with Crippen LogP contribution in [0.25, 0.3) is 10.9 Å². The Bertz CT molecular complexity index is 1050. The van der Waals surface area contributed by atoms with Crippen molar-refractivity contribution in [3.8, 4) is 11.5 Å². The molecule has 7 nitrogen and oxygen atoms in total. The van der Waals surface area contributed by atoms with E-state index in [2.05, 4.69) is 11.1 Å². The molecule has 1 amide bonds. The molecular weight excluding hydrogens is 396 g/mol. The summed E-state index contributed by atoms with van der Waals surface area (Å²) < 4.78 is 16.6. The lowest BCUT2D eigenvalue weighted by Gasteiger charge is -2.41. The van der Waals surface area contributed by atoms with E-state index in [-0.39, 0.29) is 12.5 Å². The number of H-pyrrole nitrogens is 1. The predicted octanol–water partition coefficient (Wildman–Crippen LogP) is 3.08. The van der Waals surface area contributed by atoms with Crippen LogP contribution in [0.5, 0.6) is 11.5 Å². The van der Waals surface area contributed by atoms with Gasteiger partial charge >= 0.3 is 0 Å². The number of nitrogens with zero attached hydrogens (tertiary/aromatic N) is 1. The standard InChI is InChI=1S/C24H28N2O5/c1-29-20-9-7-16(13-21(20)30-2)24-22(15-27)31-12-11-26(24)23(28)10-8-17-14-25-19-6-4-3-5-18(17)19/h3-7,9,13-14,22,24-25,27H,8,10-12,15H2,1-2H3/t22-,24-/m1/s1. The third-order valence-corrected chi connectivity index (χ3v) is 5.88. The van der Waals surface area contributed by atoms with Crippen molar-refractivity contribution < 1.29 is 24.1 Å². The van der Waals surface area contributed by atoms with E-state index in [0.717, 1.165) is 22.0 Å². The van der Waals surface area contributed by atoms with E-state index >= 15 is 0 Å². The smallest absolute Gasteiger partial charge is 0.223 e. The van der Waals surface area contributed by atoms with Gasteiger partial charge < -0.3 is 29.2 Å². The highest BCUT2D eigenvalue weighted by molar-refractivity contribution is 5.84. The molecule has 1 saturated heterocycles. The molecule has 31 heavy (non-hydrogen) atoms. The zero-order valence-corrected chi connectivity index (χ0v) is 17.8. The molecular formula is C24H28N2O5. The van der Waals surface area contributed by atoms with Crippen molar-refractivity contribution in [1.82, 2.24) is 9.88 Å². The number of ether oxygens (including phenoxy) is 3. The second-order valence-corrected chi connectivity index (χ2v) is 7.60. The Labute approximate surface area is 181 Å². The Balaban J connectivity index is 1.56. The minimum Gasteiger partial charge on any atom is -0.493 e. The number of methoxy groups -OCH3 is 2. The predicted molar refractivity (Wildman–Crippen MR) is 117 cm³/mol. The number of hydrogen-bond donors (Lipinski definition) is 2. The summed E-state index contributed by atoms with van der Waals surface area (Å²) in [5.41, 5.74) is 3.04. The van der Waals surface area contributed by atoms with E-state index < -0.39 is 12.1 Å². The van der Waals surface area contributed by atoms with E-state index in [9.17, 15) is 9.90 Å². The van der Waals surface area contributed by atoms with Gasteiger partial charge in [0.05, 0.1) is 33.5 Å². The normalized spacial score (nSPS) is 18.9. The quantitative estimate of drug-likeness (QED) is 0.609. The number of aromatic amines is 1. The SMILES string of the molecule is COc1ccc([C@@H]2[C@@H](CO)OCCN2C(=O)CCc2c[nH]c3ccccc23)cc1OC. The highest BCUT2D eigenvalue weighted by Crippen LogP contribution is 2.36. The number of aliphatic hydroxyl groups is 1. The van der Waals surface area contributed by atoms with Crippen LogP contribution in [0.3, 0.4) is 0 Å². The minimum atomic E-state index is -0.496. The monoisotopic (exact) mass is 424 g/mol. The van der Waals surface area contributed by atoms with Crippen LogP contribution in [0.1, 0.15) is 23.6 Å². The Morgan fingerprint density at radius 3 is 2.77 bits per heavy atom. The Hall–Kier alpha value is -3.03. The number of aliphatic hydroxyl groups excluding tert-OH is 1. The van der Waals surface area contributed by atoms with Crippen LogP contribution in [0, 0.1) is 0 Å². The van der Waals surface area contributed by atoms with Crippen molar-refractivity contribution in [2.24, 2.45) is 0 Å². The van der Waals surface area contributed by atoms with E-state index in [4.69, 9.17) is 14.2 Å². The summed E-state index contributed by atoms with van der Waals surface area (Å²) in [6.07, 6.45) is 2.50. The van der Waals surface area contributed by atoms with Gasteiger partial charge in [0.25, 0.3) is 0 Å². The second-order valence-electron chi connectivity index (χ2n) is 7.60. The van der Waals surface area contributed by atoms with Crippen LogP contribution in [-0.4, -0.2) is 61.0 Å².